The van der Waals surface area contributed by atoms with Crippen LogP contribution in [0.5, 0.6) is 0 Å². The van der Waals surface area contributed by atoms with Crippen LogP contribution in [0.15, 0.2) is 27.4 Å². The van der Waals surface area contributed by atoms with E-state index < -0.39 is 5.76 Å². The second-order valence-corrected chi connectivity index (χ2v) is 5.14. The van der Waals surface area contributed by atoms with E-state index in [0.717, 1.165) is 24.1 Å². The monoisotopic (exact) mass is 262 g/mol. The van der Waals surface area contributed by atoms with Crippen molar-refractivity contribution in [2.24, 2.45) is 5.92 Å². The molecule has 102 valence electrons. The Bertz CT molecular complexity index is 631. The summed E-state index contributed by atoms with van der Waals surface area (Å²) in [4.78, 5) is 13.8. The van der Waals surface area contributed by atoms with E-state index in [1.54, 1.807) is 0 Å². The fourth-order valence-electron chi connectivity index (χ4n) is 2.82. The molecule has 2 N–H and O–H groups in total. The number of ether oxygens (including phenoxy) is 1. The van der Waals surface area contributed by atoms with Gasteiger partial charge in [0.15, 0.2) is 5.58 Å². The van der Waals surface area contributed by atoms with Crippen molar-refractivity contribution in [2.45, 2.75) is 25.5 Å². The standard InChI is InChI=1S/C14H18N2O3/c1-8-5-6-18-13(8)12(15-2)9-3-4-10-11(7-9)19-14(17)16-10/h3-4,7-8,12-13,15H,5-6H2,1-2H3,(H,16,17). The smallest absolute Gasteiger partial charge is 0.408 e. The van der Waals surface area contributed by atoms with Crippen molar-refractivity contribution in [1.82, 2.24) is 10.3 Å². The number of rotatable bonds is 3. The number of hydrogen-bond donors (Lipinski definition) is 2. The first-order valence-corrected chi connectivity index (χ1v) is 6.60. The largest absolute Gasteiger partial charge is 0.417 e. The van der Waals surface area contributed by atoms with Gasteiger partial charge in [0, 0.05) is 6.61 Å². The van der Waals surface area contributed by atoms with Gasteiger partial charge in [-0.3, -0.25) is 4.98 Å². The zero-order chi connectivity index (χ0) is 13.4. The van der Waals surface area contributed by atoms with Gasteiger partial charge in [0.2, 0.25) is 0 Å². The normalized spacial score (nSPS) is 24.9. The van der Waals surface area contributed by atoms with Gasteiger partial charge >= 0.3 is 5.76 Å². The summed E-state index contributed by atoms with van der Waals surface area (Å²) in [5.74, 6) is 0.102. The zero-order valence-electron chi connectivity index (χ0n) is 11.1. The molecule has 3 rings (SSSR count). The number of hydrogen-bond acceptors (Lipinski definition) is 4. The van der Waals surface area contributed by atoms with E-state index in [0.29, 0.717) is 11.5 Å². The van der Waals surface area contributed by atoms with E-state index in [2.05, 4.69) is 17.2 Å². The van der Waals surface area contributed by atoms with Crippen LogP contribution < -0.4 is 11.1 Å². The summed E-state index contributed by atoms with van der Waals surface area (Å²) in [6, 6.07) is 5.90. The minimum Gasteiger partial charge on any atom is -0.408 e. The van der Waals surface area contributed by atoms with Gasteiger partial charge in [-0.2, -0.15) is 0 Å². The number of likely N-dealkylation sites (N-methyl/N-ethyl adjacent to an activating group) is 1. The van der Waals surface area contributed by atoms with Crippen molar-refractivity contribution in [3.63, 3.8) is 0 Å². The number of benzene rings is 1. The molecular formula is C14H18N2O3. The predicted octanol–water partition coefficient (Wildman–Crippen LogP) is 1.81. The summed E-state index contributed by atoms with van der Waals surface area (Å²) in [6.45, 7) is 3.02. The highest BCUT2D eigenvalue weighted by Gasteiger charge is 2.32. The molecule has 1 saturated heterocycles. The summed E-state index contributed by atoms with van der Waals surface area (Å²) in [6.07, 6.45) is 1.25. The predicted molar refractivity (Wildman–Crippen MR) is 72.2 cm³/mol. The van der Waals surface area contributed by atoms with Crippen molar-refractivity contribution in [1.29, 1.82) is 0 Å². The molecule has 3 unspecified atom stereocenters. The average Bonchev–Trinajstić information content (AvgIpc) is 2.95. The molecule has 0 saturated carbocycles. The fourth-order valence-corrected chi connectivity index (χ4v) is 2.82. The van der Waals surface area contributed by atoms with Gasteiger partial charge in [0.05, 0.1) is 17.7 Å². The molecule has 1 aromatic carbocycles. The van der Waals surface area contributed by atoms with Crippen molar-refractivity contribution < 1.29 is 9.15 Å². The van der Waals surface area contributed by atoms with Crippen LogP contribution in [0.3, 0.4) is 0 Å². The molecule has 0 amide bonds. The van der Waals surface area contributed by atoms with Crippen LogP contribution in [0.4, 0.5) is 0 Å². The molecule has 3 atom stereocenters. The molecule has 1 aromatic heterocycles. The molecule has 19 heavy (non-hydrogen) atoms. The molecule has 1 fully saturated rings. The maximum absolute atomic E-state index is 11.2. The van der Waals surface area contributed by atoms with Crippen LogP contribution in [0.2, 0.25) is 0 Å². The van der Waals surface area contributed by atoms with E-state index >= 15 is 0 Å². The lowest BCUT2D eigenvalue weighted by atomic mass is 9.92. The highest BCUT2D eigenvalue weighted by atomic mass is 16.5. The topological polar surface area (TPSA) is 67.3 Å². The van der Waals surface area contributed by atoms with Crippen LogP contribution in [0.1, 0.15) is 24.9 Å². The molecule has 0 spiro atoms. The lowest BCUT2D eigenvalue weighted by molar-refractivity contribution is 0.0631. The molecule has 5 nitrogen and oxygen atoms in total. The SMILES string of the molecule is CNC(c1ccc2[nH]c(=O)oc2c1)C1OCCC1C. The Kier molecular flexibility index (Phi) is 3.16. The highest BCUT2D eigenvalue weighted by molar-refractivity contribution is 5.72. The molecule has 0 bridgehead atoms. The van der Waals surface area contributed by atoms with Crippen LogP contribution >= 0.6 is 0 Å². The number of fused-ring (bicyclic) bond motifs is 1. The summed E-state index contributed by atoms with van der Waals surface area (Å²) < 4.78 is 10.9. The van der Waals surface area contributed by atoms with Crippen LogP contribution in [0.25, 0.3) is 11.1 Å². The molecular weight excluding hydrogens is 244 g/mol. The molecule has 2 heterocycles. The van der Waals surface area contributed by atoms with Gasteiger partial charge in [-0.1, -0.05) is 13.0 Å². The Morgan fingerprint density at radius 1 is 1.47 bits per heavy atom. The molecule has 0 aliphatic carbocycles. The quantitative estimate of drug-likeness (QED) is 0.885. The van der Waals surface area contributed by atoms with E-state index in [-0.39, 0.29) is 12.1 Å². The van der Waals surface area contributed by atoms with E-state index in [4.69, 9.17) is 9.15 Å². The zero-order valence-corrected chi connectivity index (χ0v) is 11.1. The molecule has 0 radical (unpaired) electrons. The highest BCUT2D eigenvalue weighted by Crippen LogP contribution is 2.31. The molecule has 1 aliphatic heterocycles. The number of aromatic nitrogens is 1. The molecule has 1 aliphatic rings. The Labute approximate surface area is 111 Å². The first-order chi connectivity index (χ1) is 9.19. The first-order valence-electron chi connectivity index (χ1n) is 6.60. The Balaban J connectivity index is 1.98. The van der Waals surface area contributed by atoms with E-state index in [1.807, 2.05) is 25.2 Å². The van der Waals surface area contributed by atoms with Crippen molar-refractivity contribution in [3.05, 3.63) is 34.3 Å². The lowest BCUT2D eigenvalue weighted by Crippen LogP contribution is -2.32. The summed E-state index contributed by atoms with van der Waals surface area (Å²) >= 11 is 0. The summed E-state index contributed by atoms with van der Waals surface area (Å²) in [7, 11) is 1.93. The van der Waals surface area contributed by atoms with Crippen LogP contribution in [-0.2, 0) is 4.74 Å². The van der Waals surface area contributed by atoms with Crippen LogP contribution in [0, 0.1) is 5.92 Å². The number of oxazole rings is 1. The third kappa shape index (κ3) is 2.19. The third-order valence-corrected chi connectivity index (χ3v) is 3.89. The van der Waals surface area contributed by atoms with Crippen molar-refractivity contribution in [3.8, 4) is 0 Å². The Morgan fingerprint density at radius 3 is 3.00 bits per heavy atom. The first kappa shape index (κ1) is 12.4. The van der Waals surface area contributed by atoms with Gasteiger partial charge in [0.25, 0.3) is 0 Å². The Hall–Kier alpha value is -1.59. The maximum atomic E-state index is 11.2. The second kappa shape index (κ2) is 4.83. The average molecular weight is 262 g/mol. The van der Waals surface area contributed by atoms with Crippen molar-refractivity contribution in [2.75, 3.05) is 13.7 Å². The van der Waals surface area contributed by atoms with Gasteiger partial charge in [-0.25, -0.2) is 4.79 Å². The van der Waals surface area contributed by atoms with Gasteiger partial charge < -0.3 is 14.5 Å². The molecule has 5 heteroatoms. The minimum atomic E-state index is -0.418. The summed E-state index contributed by atoms with van der Waals surface area (Å²) in [5.41, 5.74) is 2.40. The van der Waals surface area contributed by atoms with Gasteiger partial charge in [-0.05, 0) is 37.1 Å². The Morgan fingerprint density at radius 2 is 2.32 bits per heavy atom. The van der Waals surface area contributed by atoms with Gasteiger partial charge in [0.1, 0.15) is 0 Å². The summed E-state index contributed by atoms with van der Waals surface area (Å²) in [5, 5.41) is 3.31. The van der Waals surface area contributed by atoms with Crippen molar-refractivity contribution >= 4 is 11.1 Å². The number of aromatic amines is 1. The lowest BCUT2D eigenvalue weighted by Gasteiger charge is -2.26. The van der Waals surface area contributed by atoms with E-state index in [9.17, 15) is 4.79 Å². The fraction of sp³-hybridized carbons (Fsp3) is 0.500. The van der Waals surface area contributed by atoms with E-state index in [1.165, 1.54) is 0 Å². The minimum absolute atomic E-state index is 0.113. The van der Waals surface area contributed by atoms with Gasteiger partial charge in [-0.15, -0.1) is 0 Å². The molecule has 2 aromatic rings. The third-order valence-electron chi connectivity index (χ3n) is 3.89. The second-order valence-electron chi connectivity index (χ2n) is 5.14. The number of H-pyrrole nitrogens is 1. The maximum Gasteiger partial charge on any atom is 0.417 e. The number of nitrogens with one attached hydrogen (secondary N) is 2. The van der Waals surface area contributed by atoms with Crippen LogP contribution in [-0.4, -0.2) is 24.7 Å².